The number of aromatic nitrogens is 3. The van der Waals surface area contributed by atoms with Crippen LogP contribution in [0, 0.1) is 19.8 Å². The van der Waals surface area contributed by atoms with Gasteiger partial charge in [-0.3, -0.25) is 9.59 Å². The predicted octanol–water partition coefficient (Wildman–Crippen LogP) is 6.84. The summed E-state index contributed by atoms with van der Waals surface area (Å²) in [6, 6.07) is 8.16. The molecule has 1 aromatic heterocycles. The Morgan fingerprint density at radius 2 is 1.81 bits per heavy atom. The largest absolute Gasteiger partial charge is 0.342 e. The van der Waals surface area contributed by atoms with Crippen molar-refractivity contribution in [2.24, 2.45) is 5.92 Å². The molecule has 36 heavy (non-hydrogen) atoms. The molecule has 7 nitrogen and oxygen atoms in total. The molecule has 0 saturated heterocycles. The molecule has 2 N–H and O–H groups in total. The van der Waals surface area contributed by atoms with Crippen molar-refractivity contribution in [2.75, 3.05) is 11.1 Å². The Morgan fingerprint density at radius 1 is 1.08 bits per heavy atom. The van der Waals surface area contributed by atoms with Crippen molar-refractivity contribution in [3.05, 3.63) is 67.4 Å². The minimum Gasteiger partial charge on any atom is -0.342 e. The number of carbonyl (C=O) groups excluding carboxylic acids is 2. The monoisotopic (exact) mass is 611 g/mol. The Kier molecular flexibility index (Phi) is 9.86. The van der Waals surface area contributed by atoms with Crippen molar-refractivity contribution < 1.29 is 9.59 Å². The molecule has 2 aromatic carbocycles. The minimum atomic E-state index is -0.393. The fourth-order valence-electron chi connectivity index (χ4n) is 3.56. The second kappa shape index (κ2) is 12.4. The molecule has 0 unspecified atom stereocenters. The normalized spacial score (nSPS) is 12.0. The summed E-state index contributed by atoms with van der Waals surface area (Å²) < 4.78 is 2.93. The number of benzene rings is 2. The molecule has 1 atom stereocenters. The summed E-state index contributed by atoms with van der Waals surface area (Å²) >= 11 is 16.9. The molecule has 0 aliphatic rings. The summed E-state index contributed by atoms with van der Waals surface area (Å²) in [6.07, 6.45) is 0. The van der Waals surface area contributed by atoms with Crippen LogP contribution in [0.2, 0.25) is 10.0 Å². The van der Waals surface area contributed by atoms with Gasteiger partial charge in [0.25, 0.3) is 5.91 Å². The quantitative estimate of drug-likeness (QED) is 0.258. The lowest BCUT2D eigenvalue weighted by molar-refractivity contribution is -0.113. The molecule has 0 spiro atoms. The smallest absolute Gasteiger partial charge is 0.251 e. The lowest BCUT2D eigenvalue weighted by Gasteiger charge is -2.22. The topological polar surface area (TPSA) is 88.9 Å². The van der Waals surface area contributed by atoms with Crippen LogP contribution < -0.4 is 10.6 Å². The van der Waals surface area contributed by atoms with E-state index in [2.05, 4.69) is 36.8 Å². The Bertz CT molecular complexity index is 1280. The third-order valence-corrected chi connectivity index (χ3v) is 8.37. The summed E-state index contributed by atoms with van der Waals surface area (Å²) in [7, 11) is 0. The first-order valence-electron chi connectivity index (χ1n) is 11.4. The van der Waals surface area contributed by atoms with Crippen molar-refractivity contribution in [1.82, 2.24) is 20.1 Å². The zero-order valence-corrected chi connectivity index (χ0v) is 24.6. The molecule has 192 valence electrons. The fraction of sp³-hybridized carbons (Fsp3) is 0.360. The van der Waals surface area contributed by atoms with Gasteiger partial charge in [-0.15, -0.1) is 10.2 Å². The number of nitrogens with one attached hydrogen (secondary N) is 2. The van der Waals surface area contributed by atoms with E-state index in [1.54, 1.807) is 12.1 Å². The Morgan fingerprint density at radius 3 is 2.44 bits per heavy atom. The van der Waals surface area contributed by atoms with Gasteiger partial charge in [-0.05, 0) is 68.1 Å². The minimum absolute atomic E-state index is 0.0380. The summed E-state index contributed by atoms with van der Waals surface area (Å²) in [6.45, 7) is 10.5. The van der Waals surface area contributed by atoms with E-state index in [0.717, 1.165) is 21.3 Å². The van der Waals surface area contributed by atoms with E-state index >= 15 is 0 Å². The Labute approximate surface area is 233 Å². The van der Waals surface area contributed by atoms with Gasteiger partial charge in [0.05, 0.1) is 21.8 Å². The van der Waals surface area contributed by atoms with Gasteiger partial charge in [0.1, 0.15) is 0 Å². The molecule has 1 heterocycles. The SMILES string of the molecule is CCn1c(SCC(=O)Nc2ccc(Br)c(C)c2C)nnc1[C@H](NC(=O)c1ccc(Cl)c(Cl)c1)C(C)C. The van der Waals surface area contributed by atoms with Gasteiger partial charge in [-0.25, -0.2) is 0 Å². The maximum atomic E-state index is 12.9. The second-order valence-corrected chi connectivity index (χ2v) is 11.2. The van der Waals surface area contributed by atoms with E-state index < -0.39 is 6.04 Å². The predicted molar refractivity (Wildman–Crippen MR) is 150 cm³/mol. The van der Waals surface area contributed by atoms with Gasteiger partial charge < -0.3 is 15.2 Å². The Balaban J connectivity index is 1.73. The van der Waals surface area contributed by atoms with Crippen LogP contribution in [0.3, 0.4) is 0 Å². The summed E-state index contributed by atoms with van der Waals surface area (Å²) in [5.41, 5.74) is 3.28. The first-order chi connectivity index (χ1) is 17.0. The van der Waals surface area contributed by atoms with Crippen molar-refractivity contribution in [1.29, 1.82) is 0 Å². The van der Waals surface area contributed by atoms with Crippen LogP contribution in [-0.4, -0.2) is 32.3 Å². The lowest BCUT2D eigenvalue weighted by atomic mass is 10.0. The van der Waals surface area contributed by atoms with Crippen molar-refractivity contribution in [2.45, 2.75) is 52.4 Å². The summed E-state index contributed by atoms with van der Waals surface area (Å²) in [4.78, 5) is 25.6. The molecular formula is C25H28BrCl2N5O2S. The fourth-order valence-corrected chi connectivity index (χ4v) is 5.10. The number of anilines is 1. The van der Waals surface area contributed by atoms with Gasteiger partial charge in [0, 0.05) is 22.3 Å². The summed E-state index contributed by atoms with van der Waals surface area (Å²) in [5.74, 6) is 0.422. The second-order valence-electron chi connectivity index (χ2n) is 8.59. The highest BCUT2D eigenvalue weighted by Crippen LogP contribution is 2.28. The molecule has 0 bridgehead atoms. The third-order valence-electron chi connectivity index (χ3n) is 5.80. The van der Waals surface area contributed by atoms with Gasteiger partial charge >= 0.3 is 0 Å². The van der Waals surface area contributed by atoms with E-state index in [1.165, 1.54) is 17.8 Å². The molecule has 11 heteroatoms. The first kappa shape index (κ1) is 28.5. The number of carbonyl (C=O) groups is 2. The van der Waals surface area contributed by atoms with Crippen LogP contribution in [0.5, 0.6) is 0 Å². The van der Waals surface area contributed by atoms with Crippen molar-refractivity contribution >= 4 is 68.4 Å². The molecular weight excluding hydrogens is 585 g/mol. The van der Waals surface area contributed by atoms with Gasteiger partial charge in [-0.2, -0.15) is 0 Å². The average molecular weight is 613 g/mol. The highest BCUT2D eigenvalue weighted by Gasteiger charge is 2.26. The van der Waals surface area contributed by atoms with Crippen LogP contribution in [0.4, 0.5) is 5.69 Å². The van der Waals surface area contributed by atoms with Crippen LogP contribution in [0.15, 0.2) is 40.0 Å². The van der Waals surface area contributed by atoms with E-state index in [-0.39, 0.29) is 23.5 Å². The number of rotatable bonds is 9. The average Bonchev–Trinajstić information content (AvgIpc) is 3.25. The van der Waals surface area contributed by atoms with Crippen molar-refractivity contribution in [3.63, 3.8) is 0 Å². The number of hydrogen-bond donors (Lipinski definition) is 2. The molecule has 3 rings (SSSR count). The molecule has 0 radical (unpaired) electrons. The zero-order chi connectivity index (χ0) is 26.6. The van der Waals surface area contributed by atoms with E-state index in [4.69, 9.17) is 23.2 Å². The standard InChI is InChI=1S/C25H28BrCl2N5O2S/c1-6-33-23(22(13(2)3)30-24(35)16-7-9-18(27)19(28)11-16)31-32-25(33)36-12-21(34)29-20-10-8-17(26)14(4)15(20)5/h7-11,13,22H,6,12H2,1-5H3,(H,29,34)(H,30,35)/t22-/m1/s1. The molecule has 2 amide bonds. The van der Waals surface area contributed by atoms with E-state index in [0.29, 0.717) is 33.1 Å². The van der Waals surface area contributed by atoms with Gasteiger partial charge in [-0.1, -0.05) is 64.7 Å². The molecule has 0 saturated carbocycles. The highest BCUT2D eigenvalue weighted by molar-refractivity contribution is 9.10. The zero-order valence-electron chi connectivity index (χ0n) is 20.7. The van der Waals surface area contributed by atoms with Crippen LogP contribution in [0.25, 0.3) is 0 Å². The molecule has 0 fully saturated rings. The van der Waals surface area contributed by atoms with Crippen LogP contribution in [0.1, 0.15) is 54.1 Å². The number of thioether (sulfide) groups is 1. The summed E-state index contributed by atoms with van der Waals surface area (Å²) in [5, 5.41) is 16.0. The maximum absolute atomic E-state index is 12.9. The van der Waals surface area contributed by atoms with Crippen LogP contribution in [-0.2, 0) is 11.3 Å². The number of nitrogens with zero attached hydrogens (tertiary/aromatic N) is 3. The number of amides is 2. The molecule has 0 aliphatic heterocycles. The highest BCUT2D eigenvalue weighted by atomic mass is 79.9. The maximum Gasteiger partial charge on any atom is 0.251 e. The van der Waals surface area contributed by atoms with E-state index in [1.807, 2.05) is 51.3 Å². The third kappa shape index (κ3) is 6.62. The van der Waals surface area contributed by atoms with Crippen LogP contribution >= 0.6 is 50.9 Å². The Hall–Kier alpha value is -2.07. The lowest BCUT2D eigenvalue weighted by Crippen LogP contribution is -2.33. The number of hydrogen-bond acceptors (Lipinski definition) is 5. The molecule has 0 aliphatic carbocycles. The number of halogens is 3. The van der Waals surface area contributed by atoms with Gasteiger partial charge in [0.2, 0.25) is 5.91 Å². The first-order valence-corrected chi connectivity index (χ1v) is 13.9. The molecule has 3 aromatic rings. The van der Waals surface area contributed by atoms with Crippen molar-refractivity contribution in [3.8, 4) is 0 Å². The van der Waals surface area contributed by atoms with E-state index in [9.17, 15) is 9.59 Å². The van der Waals surface area contributed by atoms with Gasteiger partial charge in [0.15, 0.2) is 11.0 Å².